The number of ether oxygens (including phenoxy) is 2. The van der Waals surface area contributed by atoms with Crippen molar-refractivity contribution in [2.24, 2.45) is 0 Å². The van der Waals surface area contributed by atoms with Crippen LogP contribution in [0, 0.1) is 0 Å². The Kier molecular flexibility index (Phi) is 4.39. The molecule has 1 aliphatic rings. The number of benzene rings is 1. The molecule has 0 bridgehead atoms. The topological polar surface area (TPSA) is 55.8 Å². The first kappa shape index (κ1) is 13.4. The minimum absolute atomic E-state index is 0.126. The molecule has 0 radical (unpaired) electrons. The van der Waals surface area contributed by atoms with E-state index in [1.165, 1.54) is 0 Å². The van der Waals surface area contributed by atoms with Gasteiger partial charge in [-0.25, -0.2) is 4.79 Å². The first-order valence-electron chi connectivity index (χ1n) is 6.29. The molecule has 1 amide bonds. The maximum absolute atomic E-state index is 11.7. The summed E-state index contributed by atoms with van der Waals surface area (Å²) in [5.74, 6) is 0.0549. The molecule has 2 rings (SSSR count). The van der Waals surface area contributed by atoms with Gasteiger partial charge in [-0.2, -0.15) is 0 Å². The van der Waals surface area contributed by atoms with E-state index >= 15 is 0 Å². The molecule has 0 saturated carbocycles. The van der Waals surface area contributed by atoms with E-state index in [0.717, 1.165) is 25.9 Å². The van der Waals surface area contributed by atoms with Crippen molar-refractivity contribution in [1.29, 1.82) is 0 Å². The molecular weight excluding hydrogens is 246 g/mol. The molecule has 5 heteroatoms. The van der Waals surface area contributed by atoms with E-state index in [2.05, 4.69) is 0 Å². The molecule has 1 aromatic carbocycles. The van der Waals surface area contributed by atoms with Crippen LogP contribution in [0.5, 0.6) is 5.75 Å². The lowest BCUT2D eigenvalue weighted by atomic mass is 10.2. The third kappa shape index (κ3) is 3.47. The van der Waals surface area contributed by atoms with Crippen LogP contribution in [0.2, 0.25) is 0 Å². The van der Waals surface area contributed by atoms with Gasteiger partial charge >= 0.3 is 5.97 Å². The Morgan fingerprint density at radius 3 is 2.37 bits per heavy atom. The maximum atomic E-state index is 11.7. The molecule has 0 N–H and O–H groups in total. The van der Waals surface area contributed by atoms with Crippen molar-refractivity contribution in [3.05, 3.63) is 29.8 Å². The Morgan fingerprint density at radius 2 is 1.79 bits per heavy atom. The normalized spacial score (nSPS) is 14.3. The fraction of sp³-hybridized carbons (Fsp3) is 0.429. The van der Waals surface area contributed by atoms with E-state index in [1.54, 1.807) is 36.3 Å². The van der Waals surface area contributed by atoms with Crippen LogP contribution in [-0.2, 0) is 9.53 Å². The van der Waals surface area contributed by atoms with Crippen LogP contribution in [0.25, 0.3) is 0 Å². The van der Waals surface area contributed by atoms with Crippen LogP contribution >= 0.6 is 0 Å². The number of methoxy groups -OCH3 is 1. The fourth-order valence-electron chi connectivity index (χ4n) is 2.00. The minimum atomic E-state index is -0.491. The molecule has 19 heavy (non-hydrogen) atoms. The standard InChI is InChI=1S/C14H17NO4/c1-18-12-6-4-11(5-7-12)14(17)19-10-13(16)15-8-2-3-9-15/h4-7H,2-3,8-10H2,1H3. The van der Waals surface area contributed by atoms with Crippen LogP contribution in [0.15, 0.2) is 24.3 Å². The molecule has 1 aliphatic heterocycles. The van der Waals surface area contributed by atoms with Gasteiger partial charge in [0, 0.05) is 13.1 Å². The minimum Gasteiger partial charge on any atom is -0.497 e. The summed E-state index contributed by atoms with van der Waals surface area (Å²) in [5, 5.41) is 0. The average molecular weight is 263 g/mol. The Bertz CT molecular complexity index is 449. The molecule has 1 saturated heterocycles. The summed E-state index contributed by atoms with van der Waals surface area (Å²) in [6.07, 6.45) is 2.05. The molecule has 102 valence electrons. The van der Waals surface area contributed by atoms with Crippen molar-refractivity contribution in [3.8, 4) is 5.75 Å². The third-order valence-corrected chi connectivity index (χ3v) is 3.11. The van der Waals surface area contributed by atoms with Crippen LogP contribution in [-0.4, -0.2) is 43.6 Å². The second-order valence-corrected chi connectivity index (χ2v) is 4.39. The molecule has 5 nitrogen and oxygen atoms in total. The van der Waals surface area contributed by atoms with E-state index in [-0.39, 0.29) is 12.5 Å². The van der Waals surface area contributed by atoms with Crippen molar-refractivity contribution < 1.29 is 19.1 Å². The Morgan fingerprint density at radius 1 is 1.16 bits per heavy atom. The number of likely N-dealkylation sites (tertiary alicyclic amines) is 1. The molecule has 0 aliphatic carbocycles. The zero-order chi connectivity index (χ0) is 13.7. The molecule has 1 heterocycles. The first-order valence-corrected chi connectivity index (χ1v) is 6.29. The predicted molar refractivity (Wildman–Crippen MR) is 69.1 cm³/mol. The number of nitrogens with zero attached hydrogens (tertiary/aromatic N) is 1. The lowest BCUT2D eigenvalue weighted by Gasteiger charge is -2.14. The summed E-state index contributed by atoms with van der Waals surface area (Å²) in [6, 6.07) is 6.58. The summed E-state index contributed by atoms with van der Waals surface area (Å²) in [5.41, 5.74) is 0.412. The fourth-order valence-corrected chi connectivity index (χ4v) is 2.00. The molecule has 1 fully saturated rings. The van der Waals surface area contributed by atoms with E-state index in [1.807, 2.05) is 0 Å². The highest BCUT2D eigenvalue weighted by Crippen LogP contribution is 2.12. The summed E-state index contributed by atoms with van der Waals surface area (Å²) in [4.78, 5) is 25.2. The zero-order valence-electron chi connectivity index (χ0n) is 10.9. The van der Waals surface area contributed by atoms with Gasteiger partial charge in [-0.15, -0.1) is 0 Å². The van der Waals surface area contributed by atoms with Gasteiger partial charge in [0.1, 0.15) is 5.75 Å². The van der Waals surface area contributed by atoms with Crippen molar-refractivity contribution in [1.82, 2.24) is 4.90 Å². The van der Waals surface area contributed by atoms with Gasteiger partial charge in [0.2, 0.25) is 0 Å². The quantitative estimate of drug-likeness (QED) is 0.772. The van der Waals surface area contributed by atoms with Gasteiger partial charge < -0.3 is 14.4 Å². The number of esters is 1. The second kappa shape index (κ2) is 6.22. The summed E-state index contributed by atoms with van der Waals surface area (Å²) < 4.78 is 10.0. The van der Waals surface area contributed by atoms with Gasteiger partial charge in [-0.1, -0.05) is 0 Å². The third-order valence-electron chi connectivity index (χ3n) is 3.11. The second-order valence-electron chi connectivity index (χ2n) is 4.39. The van der Waals surface area contributed by atoms with E-state index in [4.69, 9.17) is 9.47 Å². The average Bonchev–Trinajstić information content (AvgIpc) is 2.98. The highest BCUT2D eigenvalue weighted by Gasteiger charge is 2.19. The van der Waals surface area contributed by atoms with Gasteiger partial charge in [0.15, 0.2) is 6.61 Å². The lowest BCUT2D eigenvalue weighted by Crippen LogP contribution is -2.32. The van der Waals surface area contributed by atoms with E-state index in [0.29, 0.717) is 11.3 Å². The Labute approximate surface area is 112 Å². The maximum Gasteiger partial charge on any atom is 0.338 e. The summed E-state index contributed by atoms with van der Waals surface area (Å²) in [6.45, 7) is 1.34. The van der Waals surface area contributed by atoms with E-state index in [9.17, 15) is 9.59 Å². The summed E-state index contributed by atoms with van der Waals surface area (Å²) in [7, 11) is 1.56. The largest absolute Gasteiger partial charge is 0.497 e. The molecule has 0 aromatic heterocycles. The highest BCUT2D eigenvalue weighted by molar-refractivity contribution is 5.91. The molecule has 0 atom stereocenters. The van der Waals surface area contributed by atoms with Crippen LogP contribution in [0.1, 0.15) is 23.2 Å². The SMILES string of the molecule is COc1ccc(C(=O)OCC(=O)N2CCCC2)cc1. The molecular formula is C14H17NO4. The van der Waals surface area contributed by atoms with E-state index < -0.39 is 5.97 Å². The first-order chi connectivity index (χ1) is 9.20. The number of hydrogen-bond acceptors (Lipinski definition) is 4. The van der Waals surface area contributed by atoms with Gasteiger partial charge in [-0.05, 0) is 37.1 Å². The van der Waals surface area contributed by atoms with Crippen LogP contribution < -0.4 is 4.74 Å². The smallest absolute Gasteiger partial charge is 0.338 e. The number of carbonyl (C=O) groups is 2. The van der Waals surface area contributed by atoms with Crippen molar-refractivity contribution in [3.63, 3.8) is 0 Å². The Balaban J connectivity index is 1.84. The van der Waals surface area contributed by atoms with Gasteiger partial charge in [-0.3, -0.25) is 4.79 Å². The molecule has 0 spiro atoms. The van der Waals surface area contributed by atoms with Crippen molar-refractivity contribution in [2.45, 2.75) is 12.8 Å². The highest BCUT2D eigenvalue weighted by atomic mass is 16.5. The number of hydrogen-bond donors (Lipinski definition) is 0. The zero-order valence-corrected chi connectivity index (χ0v) is 10.9. The molecule has 0 unspecified atom stereocenters. The number of amides is 1. The molecule has 1 aromatic rings. The van der Waals surface area contributed by atoms with Crippen LogP contribution in [0.3, 0.4) is 0 Å². The number of rotatable bonds is 4. The van der Waals surface area contributed by atoms with Crippen molar-refractivity contribution in [2.75, 3.05) is 26.8 Å². The lowest BCUT2D eigenvalue weighted by molar-refractivity contribution is -0.133. The monoisotopic (exact) mass is 263 g/mol. The van der Waals surface area contributed by atoms with Gasteiger partial charge in [0.05, 0.1) is 12.7 Å². The van der Waals surface area contributed by atoms with Gasteiger partial charge in [0.25, 0.3) is 5.91 Å². The predicted octanol–water partition coefficient (Wildman–Crippen LogP) is 1.47. The van der Waals surface area contributed by atoms with Crippen LogP contribution in [0.4, 0.5) is 0 Å². The van der Waals surface area contributed by atoms with Crippen molar-refractivity contribution >= 4 is 11.9 Å². The number of carbonyl (C=O) groups excluding carboxylic acids is 2. The summed E-state index contributed by atoms with van der Waals surface area (Å²) >= 11 is 0. The Hall–Kier alpha value is -2.04.